The molecule has 10 rings (SSSR count). The van der Waals surface area contributed by atoms with Gasteiger partial charge in [-0.15, -0.1) is 0 Å². The van der Waals surface area contributed by atoms with Gasteiger partial charge < -0.3 is 60.6 Å². The highest BCUT2D eigenvalue weighted by Crippen LogP contribution is 2.41. The molecule has 0 radical (unpaired) electrons. The molecule has 2 aliphatic heterocycles. The molecule has 0 amide bonds. The van der Waals surface area contributed by atoms with Gasteiger partial charge in [0.05, 0.1) is 55.3 Å². The van der Waals surface area contributed by atoms with Crippen LogP contribution in [0.4, 0.5) is 17.3 Å². The second-order valence-corrected chi connectivity index (χ2v) is 15.9. The molecule has 8 atom stereocenters. The number of fused-ring (bicyclic) bond motifs is 4. The fourth-order valence-electron chi connectivity index (χ4n) is 8.27. The molecule has 322 valence electrons. The van der Waals surface area contributed by atoms with Crippen molar-refractivity contribution in [2.75, 3.05) is 30.4 Å². The highest BCUT2D eigenvalue weighted by molar-refractivity contribution is 6.36. The number of nitrogens with two attached hydrogens (primary N) is 3. The third-order valence-electron chi connectivity index (χ3n) is 11.8. The van der Waals surface area contributed by atoms with E-state index in [1.165, 1.54) is 18.7 Å². The van der Waals surface area contributed by atoms with E-state index in [0.717, 1.165) is 0 Å². The molecule has 20 nitrogen and oxygen atoms in total. The molecule has 0 aliphatic carbocycles. The third-order valence-corrected chi connectivity index (χ3v) is 12.2. The van der Waals surface area contributed by atoms with E-state index in [9.17, 15) is 25.8 Å². The smallest absolute Gasteiger partial charge is 0.166 e. The predicted molar refractivity (Wildman–Crippen MR) is 231 cm³/mol. The van der Waals surface area contributed by atoms with Crippen LogP contribution in [-0.4, -0.2) is 98.1 Å². The highest BCUT2D eigenvalue weighted by atomic mass is 35.5. The topological polar surface area (TPSA) is 310 Å². The van der Waals surface area contributed by atoms with Gasteiger partial charge in [0.1, 0.15) is 90.5 Å². The number of hydrogen-bond donors (Lipinski definition) is 6. The fourth-order valence-corrected chi connectivity index (χ4v) is 8.52. The van der Waals surface area contributed by atoms with Gasteiger partial charge in [-0.3, -0.25) is 9.97 Å². The van der Waals surface area contributed by atoms with Gasteiger partial charge in [-0.2, -0.15) is 10.5 Å². The molecule has 2 saturated heterocycles. The fraction of sp³-hybridized carbons (Fsp3) is 0.256. The minimum atomic E-state index is -1.40. The van der Waals surface area contributed by atoms with Crippen LogP contribution in [0.5, 0.6) is 11.5 Å². The van der Waals surface area contributed by atoms with Crippen LogP contribution in [0, 0.1) is 28.6 Å². The van der Waals surface area contributed by atoms with Crippen LogP contribution in [0.15, 0.2) is 73.6 Å². The molecule has 0 unspecified atom stereocenters. The lowest BCUT2D eigenvalue weighted by molar-refractivity contribution is -0.0471. The van der Waals surface area contributed by atoms with Crippen LogP contribution in [-0.2, 0) is 9.47 Å². The number of nitrogens with zero attached hydrogens (tertiary/aromatic N) is 10. The summed E-state index contributed by atoms with van der Waals surface area (Å²) in [6.45, 7) is 1.80. The summed E-state index contributed by atoms with van der Waals surface area (Å²) in [6, 6.07) is 15.9. The van der Waals surface area contributed by atoms with Gasteiger partial charge in [-0.25, -0.2) is 19.9 Å². The zero-order valence-electron chi connectivity index (χ0n) is 33.5. The lowest BCUT2D eigenvalue weighted by Crippen LogP contribution is -2.34. The Balaban J connectivity index is 0.906. The van der Waals surface area contributed by atoms with E-state index in [4.69, 9.17) is 52.7 Å². The number of anilines is 3. The van der Waals surface area contributed by atoms with Crippen molar-refractivity contribution in [3.8, 4) is 35.0 Å². The Morgan fingerprint density at radius 2 is 1.39 bits per heavy atom. The number of benzene rings is 2. The van der Waals surface area contributed by atoms with Gasteiger partial charge in [0.2, 0.25) is 0 Å². The van der Waals surface area contributed by atoms with Crippen LogP contribution >= 0.6 is 11.6 Å². The summed E-state index contributed by atoms with van der Waals surface area (Å²) in [6.07, 6.45) is 0.0487. The van der Waals surface area contributed by atoms with Crippen molar-refractivity contribution in [3.63, 3.8) is 0 Å². The summed E-state index contributed by atoms with van der Waals surface area (Å²) in [5.74, 6) is 0.858. The first-order valence-electron chi connectivity index (χ1n) is 19.9. The second kappa shape index (κ2) is 15.7. The number of pyridine rings is 2. The number of nitriles is 2. The first-order valence-corrected chi connectivity index (χ1v) is 20.2. The van der Waals surface area contributed by atoms with Gasteiger partial charge >= 0.3 is 0 Å². The lowest BCUT2D eigenvalue weighted by atomic mass is 10.0. The molecule has 0 spiro atoms. The standard InChI is InChI=1S/C43H36ClN13O7/c1-18-29(15-61-22-3-5-24-28(9-22)51-13-20(11-46)33(24)47)63-42(34(18)58)57-14-26(31-38(49)52-17-53-41(31)57)39-54-37(48)25-6-7-56(40(25)55-39)43-36(60)35(59)30(64-43)16-62-21-2-4-23-27(8-21)50-12-19(10-45)32(23)44/h2-9,12-14,17-18,29-30,34-36,42-43,58-60H,15-16H2,1H3,(H2,47,51)(H2,48,54,55)(H2,49,52,53)/t18-,29-,30-,34-,35-,36-,42-,43-/m1/s1. The number of ether oxygens (including phenoxy) is 4. The van der Waals surface area contributed by atoms with E-state index in [2.05, 4.69) is 24.9 Å². The van der Waals surface area contributed by atoms with Crippen LogP contribution in [0.25, 0.3) is 55.3 Å². The summed E-state index contributed by atoms with van der Waals surface area (Å²) in [7, 11) is 0. The summed E-state index contributed by atoms with van der Waals surface area (Å²) in [4.78, 5) is 26.8. The van der Waals surface area contributed by atoms with Crippen molar-refractivity contribution in [3.05, 3.63) is 89.7 Å². The van der Waals surface area contributed by atoms with Crippen molar-refractivity contribution in [1.82, 2.24) is 39.0 Å². The molecule has 2 aromatic carbocycles. The average Bonchev–Trinajstić information content (AvgIpc) is 4.05. The first-order chi connectivity index (χ1) is 30.9. The number of hydrogen-bond acceptors (Lipinski definition) is 18. The van der Waals surface area contributed by atoms with E-state index in [1.807, 2.05) is 19.1 Å². The van der Waals surface area contributed by atoms with E-state index in [0.29, 0.717) is 61.0 Å². The van der Waals surface area contributed by atoms with Crippen LogP contribution in [0.2, 0.25) is 5.02 Å². The molecule has 0 bridgehead atoms. The Kier molecular flexibility index (Phi) is 9.99. The molecular weight excluding hydrogens is 846 g/mol. The zero-order chi connectivity index (χ0) is 44.6. The number of nitrogen functional groups attached to an aromatic ring is 3. The minimum absolute atomic E-state index is 0.0837. The first kappa shape index (κ1) is 40.6. The molecule has 8 aromatic rings. The van der Waals surface area contributed by atoms with Gasteiger partial charge in [-0.05, 0) is 30.3 Å². The number of aliphatic hydroxyl groups is 3. The van der Waals surface area contributed by atoms with E-state index in [1.54, 1.807) is 64.0 Å². The normalized spacial score (nSPS) is 23.2. The average molecular weight is 882 g/mol. The van der Waals surface area contributed by atoms with Gasteiger partial charge in [-0.1, -0.05) is 18.5 Å². The molecular formula is C43H36ClN13O7. The van der Waals surface area contributed by atoms with Gasteiger partial charge in [0.25, 0.3) is 0 Å². The van der Waals surface area contributed by atoms with Crippen LogP contribution in [0.3, 0.4) is 0 Å². The van der Waals surface area contributed by atoms with Gasteiger partial charge in [0, 0.05) is 53.6 Å². The van der Waals surface area contributed by atoms with E-state index >= 15 is 0 Å². The van der Waals surface area contributed by atoms with Crippen molar-refractivity contribution in [2.24, 2.45) is 5.92 Å². The quantitative estimate of drug-likeness (QED) is 0.120. The monoisotopic (exact) mass is 881 g/mol. The predicted octanol–water partition coefficient (Wildman–Crippen LogP) is 3.75. The summed E-state index contributed by atoms with van der Waals surface area (Å²) < 4.78 is 27.9. The van der Waals surface area contributed by atoms with Gasteiger partial charge in [0.15, 0.2) is 18.3 Å². The number of aromatic nitrogens is 8. The molecule has 9 N–H and O–H groups in total. The van der Waals surface area contributed by atoms with E-state index < -0.39 is 48.9 Å². The number of aliphatic hydroxyl groups excluding tert-OH is 3. The largest absolute Gasteiger partial charge is 0.491 e. The maximum absolute atomic E-state index is 11.6. The number of halogens is 1. The Morgan fingerprint density at radius 1 is 0.734 bits per heavy atom. The Hall–Kier alpha value is -7.43. The third kappa shape index (κ3) is 6.64. The maximum Gasteiger partial charge on any atom is 0.166 e. The SMILES string of the molecule is C[C@H]1[C@@H](O)[C@H](n2cc(-c3nc(N)c4ccn([C@@H]5O[C@H](COc6ccc7c(Cl)c(C#N)cnc7c6)[C@@H](O)[C@H]5O)c4n3)c3c(N)ncnc32)O[C@@H]1COc1ccc2c(N)c(C#N)cnc2c1. The molecule has 2 fully saturated rings. The highest BCUT2D eigenvalue weighted by Gasteiger charge is 2.45. The minimum Gasteiger partial charge on any atom is -0.491 e. The Labute approximate surface area is 366 Å². The van der Waals surface area contributed by atoms with E-state index in [-0.39, 0.29) is 52.5 Å². The van der Waals surface area contributed by atoms with Crippen molar-refractivity contribution in [2.45, 2.75) is 49.9 Å². The molecule has 21 heteroatoms. The van der Waals surface area contributed by atoms with Crippen molar-refractivity contribution < 1.29 is 34.3 Å². The number of rotatable bonds is 9. The van der Waals surface area contributed by atoms with Crippen LogP contribution in [0.1, 0.15) is 30.5 Å². The molecule has 0 saturated carbocycles. The van der Waals surface area contributed by atoms with Crippen molar-refractivity contribution >= 4 is 72.8 Å². The molecule has 64 heavy (non-hydrogen) atoms. The van der Waals surface area contributed by atoms with Crippen molar-refractivity contribution in [1.29, 1.82) is 10.5 Å². The summed E-state index contributed by atoms with van der Waals surface area (Å²) >= 11 is 6.35. The summed E-state index contributed by atoms with van der Waals surface area (Å²) in [5, 5.41) is 54.9. The Bertz CT molecular complexity index is 3260. The lowest BCUT2D eigenvalue weighted by Gasteiger charge is -2.18. The summed E-state index contributed by atoms with van der Waals surface area (Å²) in [5.41, 5.74) is 22.1. The maximum atomic E-state index is 11.6. The molecule has 6 aromatic heterocycles. The molecule has 2 aliphatic rings. The van der Waals surface area contributed by atoms with Crippen LogP contribution < -0.4 is 26.7 Å². The Morgan fingerprint density at radius 3 is 2.12 bits per heavy atom. The second-order valence-electron chi connectivity index (χ2n) is 15.5. The molecule has 8 heterocycles. The zero-order valence-corrected chi connectivity index (χ0v) is 34.3.